The molecule has 1 heterocycles. The molecule has 0 saturated carbocycles. The summed E-state index contributed by atoms with van der Waals surface area (Å²) in [4.78, 5) is 5.19. The molecule has 0 bridgehead atoms. The van der Waals surface area contributed by atoms with E-state index in [9.17, 15) is 0 Å². The average molecular weight is 198 g/mol. The molecule has 0 unspecified atom stereocenters. The maximum atomic E-state index is 2.62. The first-order valence-electron chi connectivity index (χ1n) is 5.83. The van der Waals surface area contributed by atoms with E-state index in [-0.39, 0.29) is 0 Å². The summed E-state index contributed by atoms with van der Waals surface area (Å²) < 4.78 is 0. The van der Waals surface area contributed by atoms with Gasteiger partial charge in [-0.05, 0) is 41.5 Å². The largest absolute Gasteiger partial charge is 0.298 e. The van der Waals surface area contributed by atoms with Crippen LogP contribution in [0.15, 0.2) is 0 Å². The maximum Gasteiger partial charge on any atom is 0.0200 e. The molecule has 84 valence electrons. The maximum absolute atomic E-state index is 2.62. The van der Waals surface area contributed by atoms with E-state index in [1.807, 2.05) is 0 Å². The van der Waals surface area contributed by atoms with E-state index in [2.05, 4.69) is 51.3 Å². The minimum absolute atomic E-state index is 0.322. The lowest BCUT2D eigenvalue weighted by atomic mass is 10.0. The molecule has 0 aromatic rings. The Morgan fingerprint density at radius 1 is 1.14 bits per heavy atom. The van der Waals surface area contributed by atoms with Gasteiger partial charge in [-0.1, -0.05) is 0 Å². The van der Waals surface area contributed by atoms with Crippen LogP contribution in [-0.4, -0.2) is 47.1 Å². The third-order valence-electron chi connectivity index (χ3n) is 3.25. The van der Waals surface area contributed by atoms with Crippen molar-refractivity contribution in [1.29, 1.82) is 0 Å². The van der Waals surface area contributed by atoms with Gasteiger partial charge in [0.05, 0.1) is 0 Å². The smallest absolute Gasteiger partial charge is 0.0200 e. The van der Waals surface area contributed by atoms with Crippen molar-refractivity contribution in [3.05, 3.63) is 0 Å². The summed E-state index contributed by atoms with van der Waals surface area (Å²) in [6, 6.07) is 1.38. The van der Waals surface area contributed by atoms with Gasteiger partial charge >= 0.3 is 0 Å². The normalized spacial score (nSPS) is 27.2. The first kappa shape index (κ1) is 12.0. The second kappa shape index (κ2) is 4.19. The van der Waals surface area contributed by atoms with Crippen molar-refractivity contribution >= 4 is 0 Å². The molecule has 1 atom stereocenters. The van der Waals surface area contributed by atoms with E-state index in [1.165, 1.54) is 19.6 Å². The van der Waals surface area contributed by atoms with Gasteiger partial charge < -0.3 is 0 Å². The molecule has 0 aromatic heterocycles. The summed E-state index contributed by atoms with van der Waals surface area (Å²) in [5, 5.41) is 0. The summed E-state index contributed by atoms with van der Waals surface area (Å²) in [5.41, 5.74) is 0.322. The molecule has 0 radical (unpaired) electrons. The Balaban J connectivity index is 2.56. The first-order valence-corrected chi connectivity index (χ1v) is 5.83. The van der Waals surface area contributed by atoms with Crippen molar-refractivity contribution in [1.82, 2.24) is 9.80 Å². The number of piperazine rings is 1. The molecular weight excluding hydrogens is 172 g/mol. The lowest BCUT2D eigenvalue weighted by Gasteiger charge is -2.47. The topological polar surface area (TPSA) is 6.48 Å². The van der Waals surface area contributed by atoms with Crippen molar-refractivity contribution < 1.29 is 0 Å². The van der Waals surface area contributed by atoms with Gasteiger partial charge in [0, 0.05) is 37.3 Å². The molecule has 1 aliphatic heterocycles. The van der Waals surface area contributed by atoms with Gasteiger partial charge in [0.1, 0.15) is 0 Å². The number of hydrogen-bond acceptors (Lipinski definition) is 2. The zero-order valence-electron chi connectivity index (χ0n) is 10.7. The van der Waals surface area contributed by atoms with Crippen LogP contribution < -0.4 is 0 Å². The molecule has 1 rings (SSSR count). The van der Waals surface area contributed by atoms with Gasteiger partial charge in [-0.25, -0.2) is 0 Å². The molecule has 0 aromatic carbocycles. The molecule has 1 saturated heterocycles. The standard InChI is InChI=1S/C12H26N2/c1-10(2)13-7-8-14(11(3)9-13)12(4,5)6/h10-11H,7-9H2,1-6H3/t11-/m1/s1. The number of hydrogen-bond donors (Lipinski definition) is 0. The van der Waals surface area contributed by atoms with Crippen LogP contribution in [0.1, 0.15) is 41.5 Å². The highest BCUT2D eigenvalue weighted by molar-refractivity contribution is 4.87. The fourth-order valence-electron chi connectivity index (χ4n) is 2.45. The summed E-state index contributed by atoms with van der Waals surface area (Å²) in [7, 11) is 0. The second-order valence-electron chi connectivity index (χ2n) is 5.80. The van der Waals surface area contributed by atoms with Crippen LogP contribution in [0.25, 0.3) is 0 Å². The predicted octanol–water partition coefficient (Wildman–Crippen LogP) is 2.20. The molecule has 0 spiro atoms. The molecule has 2 nitrogen and oxygen atoms in total. The van der Waals surface area contributed by atoms with E-state index in [1.54, 1.807) is 0 Å². The predicted molar refractivity (Wildman–Crippen MR) is 62.6 cm³/mol. The molecule has 0 N–H and O–H groups in total. The molecule has 1 fully saturated rings. The Kier molecular flexibility index (Phi) is 3.59. The zero-order valence-corrected chi connectivity index (χ0v) is 10.7. The third kappa shape index (κ3) is 2.71. The Morgan fingerprint density at radius 3 is 2.07 bits per heavy atom. The van der Waals surface area contributed by atoms with E-state index >= 15 is 0 Å². The van der Waals surface area contributed by atoms with Gasteiger partial charge in [0.15, 0.2) is 0 Å². The SMILES string of the molecule is CC(C)N1CCN(C(C)(C)C)[C@H](C)C1. The highest BCUT2D eigenvalue weighted by Crippen LogP contribution is 2.21. The second-order valence-corrected chi connectivity index (χ2v) is 5.80. The minimum Gasteiger partial charge on any atom is -0.298 e. The van der Waals surface area contributed by atoms with Crippen LogP contribution in [0.3, 0.4) is 0 Å². The molecule has 0 aliphatic carbocycles. The quantitative estimate of drug-likeness (QED) is 0.637. The number of nitrogens with zero attached hydrogens (tertiary/aromatic N) is 2. The monoisotopic (exact) mass is 198 g/mol. The minimum atomic E-state index is 0.322. The lowest BCUT2D eigenvalue weighted by molar-refractivity contribution is 0.00712. The van der Waals surface area contributed by atoms with Crippen molar-refractivity contribution in [2.24, 2.45) is 0 Å². The highest BCUT2D eigenvalue weighted by atomic mass is 15.3. The van der Waals surface area contributed by atoms with Crippen molar-refractivity contribution in [2.75, 3.05) is 19.6 Å². The fourth-order valence-corrected chi connectivity index (χ4v) is 2.45. The van der Waals surface area contributed by atoms with Gasteiger partial charge in [-0.3, -0.25) is 9.80 Å². The highest BCUT2D eigenvalue weighted by Gasteiger charge is 2.31. The Labute approximate surface area is 89.3 Å². The summed E-state index contributed by atoms with van der Waals surface area (Å²) in [6.07, 6.45) is 0. The van der Waals surface area contributed by atoms with E-state index in [4.69, 9.17) is 0 Å². The molecule has 0 amide bonds. The van der Waals surface area contributed by atoms with E-state index < -0.39 is 0 Å². The fraction of sp³-hybridized carbons (Fsp3) is 1.00. The molecular formula is C12H26N2. The van der Waals surface area contributed by atoms with E-state index in [0.29, 0.717) is 17.6 Å². The van der Waals surface area contributed by atoms with Crippen LogP contribution in [0.5, 0.6) is 0 Å². The molecule has 2 heteroatoms. The van der Waals surface area contributed by atoms with E-state index in [0.717, 1.165) is 0 Å². The Bertz CT molecular complexity index is 181. The van der Waals surface area contributed by atoms with Crippen molar-refractivity contribution in [3.8, 4) is 0 Å². The van der Waals surface area contributed by atoms with Crippen LogP contribution in [-0.2, 0) is 0 Å². The third-order valence-corrected chi connectivity index (χ3v) is 3.25. The van der Waals surface area contributed by atoms with Crippen LogP contribution in [0.4, 0.5) is 0 Å². The van der Waals surface area contributed by atoms with Crippen LogP contribution in [0.2, 0.25) is 0 Å². The molecule has 1 aliphatic rings. The van der Waals surface area contributed by atoms with Gasteiger partial charge in [0.2, 0.25) is 0 Å². The van der Waals surface area contributed by atoms with Gasteiger partial charge in [0.25, 0.3) is 0 Å². The van der Waals surface area contributed by atoms with Crippen LogP contribution in [0, 0.1) is 0 Å². The lowest BCUT2D eigenvalue weighted by Crippen LogP contribution is -2.59. The van der Waals surface area contributed by atoms with Crippen LogP contribution >= 0.6 is 0 Å². The summed E-state index contributed by atoms with van der Waals surface area (Å²) in [6.45, 7) is 17.5. The summed E-state index contributed by atoms with van der Waals surface area (Å²) in [5.74, 6) is 0. The average Bonchev–Trinajstić information content (AvgIpc) is 2.01. The van der Waals surface area contributed by atoms with Crippen molar-refractivity contribution in [2.45, 2.75) is 59.2 Å². The van der Waals surface area contributed by atoms with Gasteiger partial charge in [-0.15, -0.1) is 0 Å². The Hall–Kier alpha value is -0.0800. The first-order chi connectivity index (χ1) is 6.32. The Morgan fingerprint density at radius 2 is 1.71 bits per heavy atom. The van der Waals surface area contributed by atoms with Gasteiger partial charge in [-0.2, -0.15) is 0 Å². The number of rotatable bonds is 1. The molecule has 14 heavy (non-hydrogen) atoms. The summed E-state index contributed by atoms with van der Waals surface area (Å²) >= 11 is 0. The van der Waals surface area contributed by atoms with Crippen molar-refractivity contribution in [3.63, 3.8) is 0 Å². The zero-order chi connectivity index (χ0) is 10.9.